The van der Waals surface area contributed by atoms with Crippen molar-refractivity contribution in [1.29, 1.82) is 0 Å². The largest absolute Gasteiger partial charge is 0.495 e. The van der Waals surface area contributed by atoms with Crippen LogP contribution in [0.1, 0.15) is 32.8 Å². The van der Waals surface area contributed by atoms with Gasteiger partial charge < -0.3 is 9.84 Å². The summed E-state index contributed by atoms with van der Waals surface area (Å²) in [5, 5.41) is 9.62. The van der Waals surface area contributed by atoms with E-state index >= 15 is 0 Å². The van der Waals surface area contributed by atoms with Crippen LogP contribution in [-0.2, 0) is 16.6 Å². The fourth-order valence-electron chi connectivity index (χ4n) is 2.21. The topological polar surface area (TPSA) is 66.8 Å². The normalized spacial score (nSPS) is 13.5. The number of sulfonamides is 1. The molecule has 0 spiro atoms. The second kappa shape index (κ2) is 7.45. The minimum absolute atomic E-state index is 0.0105. The third-order valence-electron chi connectivity index (χ3n) is 3.45. The van der Waals surface area contributed by atoms with Gasteiger partial charge in [0, 0.05) is 23.2 Å². The van der Waals surface area contributed by atoms with Gasteiger partial charge in [-0.15, -0.1) is 0 Å². The Kier molecular flexibility index (Phi) is 6.46. The fourth-order valence-corrected chi connectivity index (χ4v) is 4.46. The molecule has 1 aromatic rings. The van der Waals surface area contributed by atoms with E-state index in [4.69, 9.17) is 16.3 Å². The SMILES string of the molecule is CCC(C)N(CC)S(=O)(=O)c1cc(Cl)cc(CO)c1OC. The number of hydrogen-bond acceptors (Lipinski definition) is 4. The molecular weight excluding hydrogens is 314 g/mol. The van der Waals surface area contributed by atoms with Crippen LogP contribution in [0.25, 0.3) is 0 Å². The van der Waals surface area contributed by atoms with Crippen LogP contribution in [0, 0.1) is 0 Å². The molecule has 0 aliphatic rings. The molecule has 1 rings (SSSR count). The standard InChI is InChI=1S/C14H22ClNO4S/c1-5-10(3)16(6-2)21(18,19)13-8-12(15)7-11(9-17)14(13)20-4/h7-8,10,17H,5-6,9H2,1-4H3. The van der Waals surface area contributed by atoms with Crippen molar-refractivity contribution in [2.75, 3.05) is 13.7 Å². The predicted molar refractivity (Wildman–Crippen MR) is 83.2 cm³/mol. The Bertz CT molecular complexity index is 589. The van der Waals surface area contributed by atoms with Crippen molar-refractivity contribution in [2.45, 2.75) is 44.7 Å². The van der Waals surface area contributed by atoms with Gasteiger partial charge in [0.05, 0.1) is 13.7 Å². The van der Waals surface area contributed by atoms with Crippen molar-refractivity contribution in [3.05, 3.63) is 22.7 Å². The molecule has 1 N–H and O–H groups in total. The molecule has 0 heterocycles. The first-order chi connectivity index (χ1) is 9.83. The molecule has 0 saturated heterocycles. The Morgan fingerprint density at radius 2 is 2.00 bits per heavy atom. The van der Waals surface area contributed by atoms with Crippen LogP contribution in [0.3, 0.4) is 0 Å². The van der Waals surface area contributed by atoms with Crippen LogP contribution in [0.15, 0.2) is 17.0 Å². The molecule has 5 nitrogen and oxygen atoms in total. The summed E-state index contributed by atoms with van der Waals surface area (Å²) in [7, 11) is -2.37. The second-order valence-corrected chi connectivity index (χ2v) is 7.02. The van der Waals surface area contributed by atoms with Gasteiger partial charge in [-0.1, -0.05) is 25.4 Å². The average molecular weight is 336 g/mol. The maximum Gasteiger partial charge on any atom is 0.247 e. The van der Waals surface area contributed by atoms with E-state index in [1.165, 1.54) is 23.5 Å². The molecule has 1 unspecified atom stereocenters. The summed E-state index contributed by atoms with van der Waals surface area (Å²) in [5.41, 5.74) is 0.351. The minimum Gasteiger partial charge on any atom is -0.495 e. The fraction of sp³-hybridized carbons (Fsp3) is 0.571. The van der Waals surface area contributed by atoms with Gasteiger partial charge in [0.15, 0.2) is 0 Å². The molecule has 0 amide bonds. The molecule has 0 bridgehead atoms. The highest BCUT2D eigenvalue weighted by Gasteiger charge is 2.31. The average Bonchev–Trinajstić information content (AvgIpc) is 2.46. The maximum absolute atomic E-state index is 12.9. The zero-order chi connectivity index (χ0) is 16.2. The summed E-state index contributed by atoms with van der Waals surface area (Å²) in [6.45, 7) is 5.57. The molecule has 120 valence electrons. The summed E-state index contributed by atoms with van der Waals surface area (Å²) >= 11 is 5.98. The van der Waals surface area contributed by atoms with Gasteiger partial charge in [0.1, 0.15) is 10.6 Å². The number of methoxy groups -OCH3 is 1. The van der Waals surface area contributed by atoms with E-state index < -0.39 is 10.0 Å². The predicted octanol–water partition coefficient (Wildman–Crippen LogP) is 2.65. The lowest BCUT2D eigenvalue weighted by Gasteiger charge is -2.27. The lowest BCUT2D eigenvalue weighted by molar-refractivity contribution is 0.272. The van der Waals surface area contributed by atoms with E-state index in [1.807, 2.05) is 13.8 Å². The quantitative estimate of drug-likeness (QED) is 0.831. The molecular formula is C14H22ClNO4S. The Labute approximate surface area is 131 Å². The number of rotatable bonds is 7. The van der Waals surface area contributed by atoms with Crippen LogP contribution < -0.4 is 4.74 Å². The minimum atomic E-state index is -3.75. The van der Waals surface area contributed by atoms with Crippen LogP contribution in [0.5, 0.6) is 5.75 Å². The third-order valence-corrected chi connectivity index (χ3v) is 5.76. The molecule has 0 aliphatic carbocycles. The van der Waals surface area contributed by atoms with Gasteiger partial charge in [-0.05, 0) is 25.5 Å². The van der Waals surface area contributed by atoms with Gasteiger partial charge in [0.2, 0.25) is 10.0 Å². The number of aliphatic hydroxyl groups is 1. The van der Waals surface area contributed by atoms with E-state index in [2.05, 4.69) is 0 Å². The van der Waals surface area contributed by atoms with Gasteiger partial charge in [0.25, 0.3) is 0 Å². The van der Waals surface area contributed by atoms with Crippen LogP contribution in [-0.4, -0.2) is 37.5 Å². The molecule has 1 atom stereocenters. The summed E-state index contributed by atoms with van der Waals surface area (Å²) < 4.78 is 32.3. The van der Waals surface area contributed by atoms with Crippen molar-refractivity contribution >= 4 is 21.6 Å². The molecule has 0 saturated carbocycles. The Morgan fingerprint density at radius 3 is 2.43 bits per heavy atom. The number of hydrogen-bond donors (Lipinski definition) is 1. The lowest BCUT2D eigenvalue weighted by atomic mass is 10.2. The summed E-state index contributed by atoms with van der Waals surface area (Å²) in [4.78, 5) is -0.0105. The monoisotopic (exact) mass is 335 g/mol. The first kappa shape index (κ1) is 18.2. The number of benzene rings is 1. The molecule has 1 aromatic carbocycles. The number of ether oxygens (including phenoxy) is 1. The third kappa shape index (κ3) is 3.69. The van der Waals surface area contributed by atoms with Crippen LogP contribution in [0.4, 0.5) is 0 Å². The van der Waals surface area contributed by atoms with E-state index in [0.717, 1.165) is 0 Å². The summed E-state index contributed by atoms with van der Waals surface area (Å²) in [6.07, 6.45) is 0.697. The Morgan fingerprint density at radius 1 is 1.38 bits per heavy atom. The van der Waals surface area contributed by atoms with Crippen molar-refractivity contribution in [3.63, 3.8) is 0 Å². The number of nitrogens with zero attached hydrogens (tertiary/aromatic N) is 1. The molecule has 7 heteroatoms. The zero-order valence-corrected chi connectivity index (χ0v) is 14.3. The first-order valence-electron chi connectivity index (χ1n) is 6.82. The van der Waals surface area contributed by atoms with Crippen LogP contribution in [0.2, 0.25) is 5.02 Å². The molecule has 21 heavy (non-hydrogen) atoms. The van der Waals surface area contributed by atoms with E-state index in [9.17, 15) is 13.5 Å². The maximum atomic E-state index is 12.9. The highest BCUT2D eigenvalue weighted by atomic mass is 35.5. The van der Waals surface area contributed by atoms with Crippen molar-refractivity contribution < 1.29 is 18.3 Å². The Balaban J connectivity index is 3.53. The molecule has 0 aromatic heterocycles. The molecule has 0 fully saturated rings. The number of aliphatic hydroxyl groups excluding tert-OH is 1. The van der Waals surface area contributed by atoms with Gasteiger partial charge in [-0.25, -0.2) is 8.42 Å². The van der Waals surface area contributed by atoms with Gasteiger partial charge in [-0.3, -0.25) is 0 Å². The highest BCUT2D eigenvalue weighted by Crippen LogP contribution is 2.34. The zero-order valence-electron chi connectivity index (χ0n) is 12.8. The van der Waals surface area contributed by atoms with E-state index in [1.54, 1.807) is 6.92 Å². The lowest BCUT2D eigenvalue weighted by Crippen LogP contribution is -2.38. The number of halogens is 1. The van der Waals surface area contributed by atoms with Gasteiger partial charge in [-0.2, -0.15) is 4.31 Å². The van der Waals surface area contributed by atoms with Gasteiger partial charge >= 0.3 is 0 Å². The molecule has 0 aliphatic heterocycles. The van der Waals surface area contributed by atoms with Crippen LogP contribution >= 0.6 is 11.6 Å². The molecule has 0 radical (unpaired) electrons. The first-order valence-corrected chi connectivity index (χ1v) is 8.64. The smallest absolute Gasteiger partial charge is 0.247 e. The van der Waals surface area contributed by atoms with Crippen molar-refractivity contribution in [3.8, 4) is 5.75 Å². The summed E-state index contributed by atoms with van der Waals surface area (Å²) in [5.74, 6) is 0.142. The van der Waals surface area contributed by atoms with E-state index in [0.29, 0.717) is 18.5 Å². The second-order valence-electron chi connectivity index (χ2n) is 4.72. The Hall–Kier alpha value is -0.820. The highest BCUT2D eigenvalue weighted by molar-refractivity contribution is 7.89. The van der Waals surface area contributed by atoms with Crippen molar-refractivity contribution in [2.24, 2.45) is 0 Å². The van der Waals surface area contributed by atoms with Crippen molar-refractivity contribution in [1.82, 2.24) is 4.31 Å². The summed E-state index contributed by atoms with van der Waals surface area (Å²) in [6, 6.07) is 2.72. The van der Waals surface area contributed by atoms with E-state index in [-0.39, 0.29) is 28.3 Å².